The highest BCUT2D eigenvalue weighted by Crippen LogP contribution is 2.49. The Morgan fingerprint density at radius 1 is 0.162 bits per heavy atom. The van der Waals surface area contributed by atoms with Crippen LogP contribution in [0.1, 0.15) is 0 Å². The molecule has 11 aromatic carbocycles. The second-order valence-corrected chi connectivity index (χ2v) is 17.5. The number of nitrogens with zero attached hydrogens (tertiary/aromatic N) is 3. The van der Waals surface area contributed by atoms with Gasteiger partial charge in [-0.3, -0.25) is 0 Å². The largest absolute Gasteiger partial charge is 0.208 e. The molecule has 1 aliphatic carbocycles. The second-order valence-electron chi connectivity index (χ2n) is 17.5. The summed E-state index contributed by atoms with van der Waals surface area (Å²) in [5.74, 6) is 1.92. The summed E-state index contributed by atoms with van der Waals surface area (Å²) in [4.78, 5) is 15.0. The van der Waals surface area contributed by atoms with E-state index in [1.807, 2.05) is 36.4 Å². The van der Waals surface area contributed by atoms with Gasteiger partial charge in [0.25, 0.3) is 0 Å². The summed E-state index contributed by atoms with van der Waals surface area (Å²) in [5.41, 5.74) is 20.0. The van der Waals surface area contributed by atoms with Gasteiger partial charge in [0.05, 0.1) is 0 Å². The van der Waals surface area contributed by atoms with Crippen LogP contribution in [-0.4, -0.2) is 15.0 Å². The summed E-state index contributed by atoms with van der Waals surface area (Å²) < 4.78 is 0. The molecule has 0 saturated carbocycles. The molecular weight excluding hydrogens is 823 g/mol. The van der Waals surface area contributed by atoms with E-state index < -0.39 is 0 Å². The van der Waals surface area contributed by atoms with Gasteiger partial charge in [-0.05, 0) is 99.4 Å². The van der Waals surface area contributed by atoms with Crippen LogP contribution in [0.4, 0.5) is 0 Å². The first kappa shape index (κ1) is 39.3. The number of fused-ring (bicyclic) bond motifs is 4. The maximum atomic E-state index is 5.04. The lowest BCUT2D eigenvalue weighted by atomic mass is 9.91. The van der Waals surface area contributed by atoms with Crippen molar-refractivity contribution in [3.05, 3.63) is 249 Å². The predicted octanol–water partition coefficient (Wildman–Crippen LogP) is 17.2. The Kier molecular flexibility index (Phi) is 9.50. The van der Waals surface area contributed by atoms with E-state index in [9.17, 15) is 0 Å². The third-order valence-corrected chi connectivity index (χ3v) is 13.6. The van der Waals surface area contributed by atoms with Gasteiger partial charge >= 0.3 is 0 Å². The van der Waals surface area contributed by atoms with Gasteiger partial charge in [0.1, 0.15) is 0 Å². The Balaban J connectivity index is 0.780. The van der Waals surface area contributed by atoms with Crippen molar-refractivity contribution in [3.63, 3.8) is 0 Å². The van der Waals surface area contributed by atoms with E-state index >= 15 is 0 Å². The standard InChI is InChI=1S/C65H41N3/c1-3-12-42(13-4-1)43-28-36-50(37-29-43)64-66-63(49-14-5-2-6-15-49)67-65(68-64)51-38-34-47(35-39-51)53-19-10-20-55-52(18-9-21-56(53)55)46-30-24-44(25-31-46)45-26-32-48(33-27-45)54-40-41-61-58-17-8-7-16-57(58)60-23-11-22-59(54)62(60)61/h1-41H. The minimum Gasteiger partial charge on any atom is -0.208 e. The SMILES string of the molecule is c1ccc(-c2ccc(-c3nc(-c4ccccc4)nc(-c4ccc(-c5cccc6c(-c7ccc(-c8ccc(-c9ccc%10c%11c(cccc9%11)-c9ccccc9-%10)cc8)cc7)cccc56)cc4)n3)cc2)cc1. The van der Waals surface area contributed by atoms with Crippen molar-refractivity contribution in [2.75, 3.05) is 0 Å². The highest BCUT2D eigenvalue weighted by molar-refractivity contribution is 6.18. The fourth-order valence-corrected chi connectivity index (χ4v) is 10.1. The molecule has 0 spiro atoms. The van der Waals surface area contributed by atoms with Crippen molar-refractivity contribution in [2.45, 2.75) is 0 Å². The van der Waals surface area contributed by atoms with Crippen molar-refractivity contribution in [2.24, 2.45) is 0 Å². The Labute approximate surface area is 395 Å². The molecule has 3 nitrogen and oxygen atoms in total. The zero-order valence-electron chi connectivity index (χ0n) is 37.0. The molecule has 0 amide bonds. The van der Waals surface area contributed by atoms with Crippen LogP contribution in [0.3, 0.4) is 0 Å². The van der Waals surface area contributed by atoms with Crippen molar-refractivity contribution in [1.29, 1.82) is 0 Å². The average Bonchev–Trinajstić information content (AvgIpc) is 3.75. The molecule has 1 heterocycles. The zero-order chi connectivity index (χ0) is 45.0. The number of aromatic nitrogens is 3. The summed E-state index contributed by atoms with van der Waals surface area (Å²) in [6, 6.07) is 89.0. The van der Waals surface area contributed by atoms with Gasteiger partial charge in [-0.15, -0.1) is 0 Å². The van der Waals surface area contributed by atoms with E-state index in [0.717, 1.165) is 27.8 Å². The van der Waals surface area contributed by atoms with Crippen molar-refractivity contribution >= 4 is 21.5 Å². The molecule has 3 heteroatoms. The highest BCUT2D eigenvalue weighted by Gasteiger charge is 2.22. The summed E-state index contributed by atoms with van der Waals surface area (Å²) in [7, 11) is 0. The van der Waals surface area contributed by atoms with Gasteiger partial charge in [-0.25, -0.2) is 15.0 Å². The maximum absolute atomic E-state index is 5.04. The lowest BCUT2D eigenvalue weighted by Gasteiger charge is -2.13. The van der Waals surface area contributed by atoms with Gasteiger partial charge in [0.2, 0.25) is 0 Å². The quantitative estimate of drug-likeness (QED) is 0.153. The third-order valence-electron chi connectivity index (χ3n) is 13.6. The molecule has 0 fully saturated rings. The average molecular weight is 864 g/mol. The van der Waals surface area contributed by atoms with Gasteiger partial charge in [-0.2, -0.15) is 0 Å². The fourth-order valence-electron chi connectivity index (χ4n) is 10.1. The van der Waals surface area contributed by atoms with Crippen LogP contribution in [0.25, 0.3) is 134 Å². The van der Waals surface area contributed by atoms with E-state index in [2.05, 4.69) is 212 Å². The Bertz CT molecular complexity index is 3810. The Hall–Kier alpha value is -9.05. The smallest absolute Gasteiger partial charge is 0.164 e. The lowest BCUT2D eigenvalue weighted by Crippen LogP contribution is -2.00. The van der Waals surface area contributed by atoms with Crippen molar-refractivity contribution in [3.8, 4) is 112 Å². The van der Waals surface area contributed by atoms with E-state index in [-0.39, 0.29) is 0 Å². The number of hydrogen-bond acceptors (Lipinski definition) is 3. The Morgan fingerprint density at radius 3 is 0.897 bits per heavy atom. The van der Waals surface area contributed by atoms with Gasteiger partial charge in [-0.1, -0.05) is 249 Å². The van der Waals surface area contributed by atoms with E-state index in [1.54, 1.807) is 0 Å². The lowest BCUT2D eigenvalue weighted by molar-refractivity contribution is 1.07. The fraction of sp³-hybridized carbons (Fsp3) is 0. The van der Waals surface area contributed by atoms with Crippen LogP contribution in [-0.2, 0) is 0 Å². The zero-order valence-corrected chi connectivity index (χ0v) is 37.0. The normalized spacial score (nSPS) is 11.5. The first-order chi connectivity index (χ1) is 33.7. The summed E-state index contributed by atoms with van der Waals surface area (Å²) in [6.07, 6.45) is 0. The molecule has 13 rings (SSSR count). The minimum atomic E-state index is 0.635. The number of hydrogen-bond donors (Lipinski definition) is 0. The first-order valence-electron chi connectivity index (χ1n) is 23.2. The molecule has 1 aliphatic rings. The first-order valence-corrected chi connectivity index (χ1v) is 23.2. The molecule has 1 aromatic heterocycles. The molecule has 0 unspecified atom stereocenters. The van der Waals surface area contributed by atoms with Crippen LogP contribution < -0.4 is 0 Å². The van der Waals surface area contributed by atoms with E-state index in [1.165, 1.54) is 88.3 Å². The molecular formula is C65H41N3. The summed E-state index contributed by atoms with van der Waals surface area (Å²) in [5, 5.41) is 5.08. The van der Waals surface area contributed by atoms with Crippen LogP contribution in [0, 0.1) is 0 Å². The number of benzene rings is 11. The molecule has 0 saturated heterocycles. The van der Waals surface area contributed by atoms with Crippen molar-refractivity contribution in [1.82, 2.24) is 15.0 Å². The predicted molar refractivity (Wildman–Crippen MR) is 283 cm³/mol. The molecule has 0 atom stereocenters. The van der Waals surface area contributed by atoms with Crippen LogP contribution in [0.5, 0.6) is 0 Å². The Morgan fingerprint density at radius 2 is 0.441 bits per heavy atom. The minimum absolute atomic E-state index is 0.635. The second kappa shape index (κ2) is 16.4. The molecule has 12 aromatic rings. The molecule has 68 heavy (non-hydrogen) atoms. The monoisotopic (exact) mass is 863 g/mol. The van der Waals surface area contributed by atoms with Crippen LogP contribution >= 0.6 is 0 Å². The molecule has 0 radical (unpaired) electrons. The third kappa shape index (κ3) is 6.88. The maximum Gasteiger partial charge on any atom is 0.164 e. The van der Waals surface area contributed by atoms with Crippen LogP contribution in [0.2, 0.25) is 0 Å². The molecule has 0 N–H and O–H groups in total. The molecule has 316 valence electrons. The topological polar surface area (TPSA) is 38.7 Å². The van der Waals surface area contributed by atoms with Crippen molar-refractivity contribution < 1.29 is 0 Å². The van der Waals surface area contributed by atoms with Gasteiger partial charge in [0.15, 0.2) is 17.5 Å². The van der Waals surface area contributed by atoms with Gasteiger partial charge < -0.3 is 0 Å². The van der Waals surface area contributed by atoms with E-state index in [0.29, 0.717) is 17.5 Å². The molecule has 0 aliphatic heterocycles. The number of rotatable bonds is 8. The highest BCUT2D eigenvalue weighted by atomic mass is 15.0. The van der Waals surface area contributed by atoms with Gasteiger partial charge in [0, 0.05) is 16.7 Å². The van der Waals surface area contributed by atoms with Crippen LogP contribution in [0.15, 0.2) is 249 Å². The summed E-state index contributed by atoms with van der Waals surface area (Å²) in [6.45, 7) is 0. The summed E-state index contributed by atoms with van der Waals surface area (Å²) >= 11 is 0. The van der Waals surface area contributed by atoms with E-state index in [4.69, 9.17) is 15.0 Å². The molecule has 0 bridgehead atoms.